The number of aromatic hydroxyl groups is 1. The Balaban J connectivity index is 2.20. The van der Waals surface area contributed by atoms with E-state index in [2.05, 4.69) is 32.0 Å². The number of benzene rings is 2. The summed E-state index contributed by atoms with van der Waals surface area (Å²) in [5.41, 5.74) is 5.19. The lowest BCUT2D eigenvalue weighted by molar-refractivity contribution is 0.475. The normalized spacial score (nSPS) is 10.4. The van der Waals surface area contributed by atoms with Crippen LogP contribution in [0, 0.1) is 13.8 Å². The molecule has 0 atom stereocenters. The number of hydrogen-bond donors (Lipinski definition) is 1. The van der Waals surface area contributed by atoms with Gasteiger partial charge in [-0.2, -0.15) is 0 Å². The largest absolute Gasteiger partial charge is 0.508 e. The Hall–Kier alpha value is -1.76. The van der Waals surface area contributed by atoms with Crippen molar-refractivity contribution in [3.8, 4) is 5.75 Å². The molecule has 82 valence electrons. The second-order valence-corrected chi connectivity index (χ2v) is 4.26. The Bertz CT molecular complexity index is 483. The minimum absolute atomic E-state index is 0.323. The molecule has 0 aliphatic carbocycles. The SMILES string of the molecule is Cc1ccc(Cc2ccc(O)cc2)cc1C. The van der Waals surface area contributed by atoms with Crippen LogP contribution in [-0.4, -0.2) is 5.11 Å². The van der Waals surface area contributed by atoms with E-state index in [1.165, 1.54) is 22.3 Å². The third-order valence-corrected chi connectivity index (χ3v) is 2.92. The fraction of sp³-hybridized carbons (Fsp3) is 0.200. The molecule has 2 aromatic carbocycles. The van der Waals surface area contributed by atoms with E-state index in [9.17, 15) is 5.11 Å². The maximum atomic E-state index is 9.20. The molecule has 0 heterocycles. The van der Waals surface area contributed by atoms with E-state index >= 15 is 0 Å². The fourth-order valence-electron chi connectivity index (χ4n) is 1.76. The van der Waals surface area contributed by atoms with Gasteiger partial charge < -0.3 is 5.11 Å². The van der Waals surface area contributed by atoms with Gasteiger partial charge in [0.1, 0.15) is 5.75 Å². The molecule has 1 heteroatoms. The van der Waals surface area contributed by atoms with Crippen LogP contribution in [0.5, 0.6) is 5.75 Å². The van der Waals surface area contributed by atoms with Gasteiger partial charge in [0.2, 0.25) is 0 Å². The van der Waals surface area contributed by atoms with Gasteiger partial charge in [-0.05, 0) is 54.7 Å². The second kappa shape index (κ2) is 4.40. The highest BCUT2D eigenvalue weighted by Crippen LogP contribution is 2.16. The van der Waals surface area contributed by atoms with Crippen molar-refractivity contribution in [2.75, 3.05) is 0 Å². The summed E-state index contributed by atoms with van der Waals surface area (Å²) in [5, 5.41) is 9.20. The molecule has 0 radical (unpaired) electrons. The van der Waals surface area contributed by atoms with Crippen LogP contribution in [0.2, 0.25) is 0 Å². The summed E-state index contributed by atoms with van der Waals surface area (Å²) in [6.07, 6.45) is 0.918. The minimum Gasteiger partial charge on any atom is -0.508 e. The van der Waals surface area contributed by atoms with Crippen LogP contribution >= 0.6 is 0 Å². The maximum absolute atomic E-state index is 9.20. The van der Waals surface area contributed by atoms with Crippen molar-refractivity contribution in [2.24, 2.45) is 0 Å². The highest BCUT2D eigenvalue weighted by Gasteiger charge is 1.98. The molecule has 1 nitrogen and oxygen atoms in total. The Morgan fingerprint density at radius 2 is 1.44 bits per heavy atom. The molecule has 1 N–H and O–H groups in total. The summed E-state index contributed by atoms with van der Waals surface area (Å²) in [4.78, 5) is 0. The molecule has 0 fully saturated rings. The lowest BCUT2D eigenvalue weighted by atomic mass is 10.0. The molecule has 16 heavy (non-hydrogen) atoms. The van der Waals surface area contributed by atoms with E-state index in [0.29, 0.717) is 5.75 Å². The molecule has 2 rings (SSSR count). The van der Waals surface area contributed by atoms with Gasteiger partial charge in [-0.1, -0.05) is 30.3 Å². The first-order valence-electron chi connectivity index (χ1n) is 5.49. The maximum Gasteiger partial charge on any atom is 0.115 e. The lowest BCUT2D eigenvalue weighted by Gasteiger charge is -2.05. The van der Waals surface area contributed by atoms with E-state index in [4.69, 9.17) is 0 Å². The van der Waals surface area contributed by atoms with Gasteiger partial charge in [-0.25, -0.2) is 0 Å². The molecule has 0 saturated heterocycles. The standard InChI is InChI=1S/C15H16O/c1-11-3-4-14(9-12(11)2)10-13-5-7-15(16)8-6-13/h3-9,16H,10H2,1-2H3. The molecular weight excluding hydrogens is 196 g/mol. The Kier molecular flexibility index (Phi) is 2.95. The number of hydrogen-bond acceptors (Lipinski definition) is 1. The van der Waals surface area contributed by atoms with Crippen molar-refractivity contribution in [1.29, 1.82) is 0 Å². The predicted octanol–water partition coefficient (Wildman–Crippen LogP) is 3.60. The minimum atomic E-state index is 0.323. The summed E-state index contributed by atoms with van der Waals surface area (Å²) in [7, 11) is 0. The first-order valence-corrected chi connectivity index (χ1v) is 5.49. The molecule has 0 aliphatic heterocycles. The van der Waals surface area contributed by atoms with Gasteiger partial charge in [0.15, 0.2) is 0 Å². The number of phenolic OH excluding ortho intramolecular Hbond substituents is 1. The van der Waals surface area contributed by atoms with Crippen LogP contribution in [-0.2, 0) is 6.42 Å². The van der Waals surface area contributed by atoms with Crippen LogP contribution in [0.15, 0.2) is 42.5 Å². The fourth-order valence-corrected chi connectivity index (χ4v) is 1.76. The van der Waals surface area contributed by atoms with Crippen LogP contribution in [0.1, 0.15) is 22.3 Å². The Morgan fingerprint density at radius 1 is 0.812 bits per heavy atom. The molecule has 0 aromatic heterocycles. The molecule has 0 bridgehead atoms. The van der Waals surface area contributed by atoms with E-state index in [1.807, 2.05) is 12.1 Å². The molecule has 0 spiro atoms. The zero-order chi connectivity index (χ0) is 11.5. The van der Waals surface area contributed by atoms with Crippen molar-refractivity contribution >= 4 is 0 Å². The monoisotopic (exact) mass is 212 g/mol. The Labute approximate surface area is 96.4 Å². The average molecular weight is 212 g/mol. The highest BCUT2D eigenvalue weighted by molar-refractivity contribution is 5.34. The summed E-state index contributed by atoms with van der Waals surface area (Å²) in [5.74, 6) is 0.323. The van der Waals surface area contributed by atoms with Gasteiger partial charge in [-0.15, -0.1) is 0 Å². The lowest BCUT2D eigenvalue weighted by Crippen LogP contribution is -1.90. The summed E-state index contributed by atoms with van der Waals surface area (Å²) < 4.78 is 0. The van der Waals surface area contributed by atoms with Crippen LogP contribution in [0.4, 0.5) is 0 Å². The molecule has 0 aliphatic rings. The first-order chi connectivity index (χ1) is 7.65. The molecule has 0 unspecified atom stereocenters. The smallest absolute Gasteiger partial charge is 0.115 e. The van der Waals surface area contributed by atoms with Gasteiger partial charge in [0, 0.05) is 0 Å². The van der Waals surface area contributed by atoms with Crippen LogP contribution in [0.25, 0.3) is 0 Å². The van der Waals surface area contributed by atoms with Crippen molar-refractivity contribution in [3.63, 3.8) is 0 Å². The summed E-state index contributed by atoms with van der Waals surface area (Å²) in [6, 6.07) is 13.9. The van der Waals surface area contributed by atoms with Crippen LogP contribution < -0.4 is 0 Å². The number of rotatable bonds is 2. The third-order valence-electron chi connectivity index (χ3n) is 2.92. The van der Waals surface area contributed by atoms with E-state index in [-0.39, 0.29) is 0 Å². The highest BCUT2D eigenvalue weighted by atomic mass is 16.3. The van der Waals surface area contributed by atoms with Gasteiger partial charge >= 0.3 is 0 Å². The van der Waals surface area contributed by atoms with Gasteiger partial charge in [0.05, 0.1) is 0 Å². The average Bonchev–Trinajstić information content (AvgIpc) is 2.27. The zero-order valence-electron chi connectivity index (χ0n) is 9.70. The van der Waals surface area contributed by atoms with Crippen molar-refractivity contribution in [2.45, 2.75) is 20.3 Å². The van der Waals surface area contributed by atoms with Crippen molar-refractivity contribution in [3.05, 3.63) is 64.7 Å². The second-order valence-electron chi connectivity index (χ2n) is 4.26. The topological polar surface area (TPSA) is 20.2 Å². The zero-order valence-corrected chi connectivity index (χ0v) is 9.70. The molecule has 2 aromatic rings. The Morgan fingerprint density at radius 3 is 2.06 bits per heavy atom. The molecule has 0 amide bonds. The predicted molar refractivity (Wildman–Crippen MR) is 66.8 cm³/mol. The first kappa shape index (κ1) is 10.7. The van der Waals surface area contributed by atoms with Gasteiger partial charge in [0.25, 0.3) is 0 Å². The third kappa shape index (κ3) is 2.43. The summed E-state index contributed by atoms with van der Waals surface area (Å²) in [6.45, 7) is 4.26. The van der Waals surface area contributed by atoms with Gasteiger partial charge in [-0.3, -0.25) is 0 Å². The van der Waals surface area contributed by atoms with Crippen LogP contribution in [0.3, 0.4) is 0 Å². The van der Waals surface area contributed by atoms with E-state index in [0.717, 1.165) is 6.42 Å². The van der Waals surface area contributed by atoms with E-state index < -0.39 is 0 Å². The quantitative estimate of drug-likeness (QED) is 0.806. The molecule has 0 saturated carbocycles. The van der Waals surface area contributed by atoms with E-state index in [1.54, 1.807) is 12.1 Å². The number of aryl methyl sites for hydroxylation is 2. The van der Waals surface area contributed by atoms with Crippen molar-refractivity contribution < 1.29 is 5.11 Å². The summed E-state index contributed by atoms with van der Waals surface area (Å²) >= 11 is 0. The molecular formula is C15H16O. The van der Waals surface area contributed by atoms with Crippen molar-refractivity contribution in [1.82, 2.24) is 0 Å². The number of phenols is 1.